The molecule has 2 amide bonds. The molecule has 114 valence electrons. The molecule has 1 aromatic rings. The van der Waals surface area contributed by atoms with Crippen LogP contribution in [0, 0.1) is 5.82 Å². The summed E-state index contributed by atoms with van der Waals surface area (Å²) in [6.07, 6.45) is 1.15. The highest BCUT2D eigenvalue weighted by atomic mass is 19.1. The lowest BCUT2D eigenvalue weighted by Gasteiger charge is -2.32. The SMILES string of the molecule is COC(=O)NC1CCN(C(=O)Cc2cccc(F)c2)CC1. The van der Waals surface area contributed by atoms with Crippen LogP contribution in [0.15, 0.2) is 24.3 Å². The number of amides is 2. The van der Waals surface area contributed by atoms with Crippen molar-refractivity contribution in [2.24, 2.45) is 0 Å². The van der Waals surface area contributed by atoms with E-state index in [4.69, 9.17) is 0 Å². The maximum Gasteiger partial charge on any atom is 0.407 e. The van der Waals surface area contributed by atoms with Crippen molar-refractivity contribution in [1.29, 1.82) is 0 Å². The average Bonchev–Trinajstić information content (AvgIpc) is 2.47. The van der Waals surface area contributed by atoms with Crippen molar-refractivity contribution in [2.45, 2.75) is 25.3 Å². The zero-order valence-electron chi connectivity index (χ0n) is 12.0. The molecular formula is C15H19FN2O3. The number of hydrogen-bond acceptors (Lipinski definition) is 3. The number of benzene rings is 1. The topological polar surface area (TPSA) is 58.6 Å². The predicted octanol–water partition coefficient (Wildman–Crippen LogP) is 1.72. The Kier molecular flexibility index (Phi) is 5.14. The van der Waals surface area contributed by atoms with Crippen LogP contribution in [0.1, 0.15) is 18.4 Å². The Morgan fingerprint density at radius 3 is 2.71 bits per heavy atom. The van der Waals surface area contributed by atoms with Crippen LogP contribution in [-0.2, 0) is 16.0 Å². The van der Waals surface area contributed by atoms with Crippen molar-refractivity contribution < 1.29 is 18.7 Å². The van der Waals surface area contributed by atoms with E-state index in [-0.39, 0.29) is 24.2 Å². The Morgan fingerprint density at radius 1 is 1.38 bits per heavy atom. The van der Waals surface area contributed by atoms with E-state index >= 15 is 0 Å². The molecule has 0 radical (unpaired) electrons. The van der Waals surface area contributed by atoms with Gasteiger partial charge in [0.15, 0.2) is 0 Å². The Labute approximate surface area is 123 Å². The van der Waals surface area contributed by atoms with Crippen molar-refractivity contribution >= 4 is 12.0 Å². The van der Waals surface area contributed by atoms with Gasteiger partial charge in [0.2, 0.25) is 5.91 Å². The number of piperidine rings is 1. The van der Waals surface area contributed by atoms with Gasteiger partial charge >= 0.3 is 6.09 Å². The number of nitrogens with zero attached hydrogens (tertiary/aromatic N) is 1. The monoisotopic (exact) mass is 294 g/mol. The number of alkyl carbamates (subject to hydrolysis) is 1. The summed E-state index contributed by atoms with van der Waals surface area (Å²) in [6, 6.07) is 6.12. The third-order valence-electron chi connectivity index (χ3n) is 3.60. The summed E-state index contributed by atoms with van der Waals surface area (Å²) >= 11 is 0. The maximum atomic E-state index is 13.1. The summed E-state index contributed by atoms with van der Waals surface area (Å²) in [4.78, 5) is 25.0. The van der Waals surface area contributed by atoms with Gasteiger partial charge in [-0.05, 0) is 30.5 Å². The first-order valence-electron chi connectivity index (χ1n) is 6.95. The summed E-state index contributed by atoms with van der Waals surface area (Å²) in [5.41, 5.74) is 0.676. The quantitative estimate of drug-likeness (QED) is 0.923. The molecule has 0 atom stereocenters. The van der Waals surface area contributed by atoms with Crippen LogP contribution < -0.4 is 5.32 Å². The number of hydrogen-bond donors (Lipinski definition) is 1. The molecule has 1 aliphatic heterocycles. The fourth-order valence-corrected chi connectivity index (χ4v) is 2.43. The van der Waals surface area contributed by atoms with E-state index in [1.807, 2.05) is 0 Å². The normalized spacial score (nSPS) is 15.6. The molecule has 5 nitrogen and oxygen atoms in total. The number of carbonyl (C=O) groups is 2. The first kappa shape index (κ1) is 15.3. The molecule has 6 heteroatoms. The van der Waals surface area contributed by atoms with Gasteiger partial charge in [-0.15, -0.1) is 0 Å². The molecule has 21 heavy (non-hydrogen) atoms. The number of rotatable bonds is 3. The lowest BCUT2D eigenvalue weighted by atomic mass is 10.0. The van der Waals surface area contributed by atoms with Gasteiger partial charge < -0.3 is 15.0 Å². The Bertz CT molecular complexity index is 513. The zero-order valence-corrected chi connectivity index (χ0v) is 12.0. The van der Waals surface area contributed by atoms with E-state index in [0.29, 0.717) is 31.5 Å². The minimum atomic E-state index is -0.445. The summed E-state index contributed by atoms with van der Waals surface area (Å²) in [6.45, 7) is 1.17. The summed E-state index contributed by atoms with van der Waals surface area (Å²) in [5, 5.41) is 2.74. The maximum absolute atomic E-state index is 13.1. The van der Waals surface area contributed by atoms with Crippen LogP contribution >= 0.6 is 0 Å². The summed E-state index contributed by atoms with van der Waals surface area (Å²) in [7, 11) is 1.33. The molecular weight excluding hydrogens is 275 g/mol. The second kappa shape index (κ2) is 7.06. The van der Waals surface area contributed by atoms with Gasteiger partial charge in [0.25, 0.3) is 0 Å². The summed E-state index contributed by atoms with van der Waals surface area (Å²) < 4.78 is 17.6. The van der Waals surface area contributed by atoms with E-state index in [0.717, 1.165) is 0 Å². The standard InChI is InChI=1S/C15H19FN2O3/c1-21-15(20)17-13-5-7-18(8-6-13)14(19)10-11-3-2-4-12(16)9-11/h2-4,9,13H,5-8,10H2,1H3,(H,17,20). The van der Waals surface area contributed by atoms with Gasteiger partial charge in [0, 0.05) is 19.1 Å². The molecule has 1 fully saturated rings. The highest BCUT2D eigenvalue weighted by Gasteiger charge is 2.24. The van der Waals surface area contributed by atoms with Gasteiger partial charge in [0.05, 0.1) is 13.5 Å². The van der Waals surface area contributed by atoms with Crippen LogP contribution in [-0.4, -0.2) is 43.1 Å². The third kappa shape index (κ3) is 4.44. The molecule has 1 aliphatic rings. The van der Waals surface area contributed by atoms with Crippen LogP contribution in [0.25, 0.3) is 0 Å². The molecule has 1 saturated heterocycles. The molecule has 0 aromatic heterocycles. The number of likely N-dealkylation sites (tertiary alicyclic amines) is 1. The van der Waals surface area contributed by atoms with E-state index in [1.165, 1.54) is 19.2 Å². The molecule has 1 N–H and O–H groups in total. The van der Waals surface area contributed by atoms with Crippen molar-refractivity contribution in [3.63, 3.8) is 0 Å². The van der Waals surface area contributed by atoms with E-state index in [2.05, 4.69) is 10.1 Å². The molecule has 0 saturated carbocycles. The first-order valence-corrected chi connectivity index (χ1v) is 6.95. The van der Waals surface area contributed by atoms with Crippen molar-refractivity contribution in [3.05, 3.63) is 35.6 Å². The fourth-order valence-electron chi connectivity index (χ4n) is 2.43. The zero-order chi connectivity index (χ0) is 15.2. The minimum absolute atomic E-state index is 0.0166. The first-order chi connectivity index (χ1) is 10.1. The van der Waals surface area contributed by atoms with Crippen molar-refractivity contribution in [3.8, 4) is 0 Å². The number of carbonyl (C=O) groups excluding carboxylic acids is 2. The second-order valence-electron chi connectivity index (χ2n) is 5.10. The van der Waals surface area contributed by atoms with E-state index in [9.17, 15) is 14.0 Å². The predicted molar refractivity (Wildman–Crippen MR) is 75.2 cm³/mol. The van der Waals surface area contributed by atoms with Crippen LogP contribution in [0.5, 0.6) is 0 Å². The number of halogens is 1. The van der Waals surface area contributed by atoms with Crippen LogP contribution in [0.2, 0.25) is 0 Å². The molecule has 0 bridgehead atoms. The number of nitrogens with one attached hydrogen (secondary N) is 1. The fraction of sp³-hybridized carbons (Fsp3) is 0.467. The van der Waals surface area contributed by atoms with Gasteiger partial charge in [-0.3, -0.25) is 4.79 Å². The molecule has 1 heterocycles. The molecule has 0 aliphatic carbocycles. The highest BCUT2D eigenvalue weighted by Crippen LogP contribution is 2.13. The minimum Gasteiger partial charge on any atom is -0.453 e. The Hall–Kier alpha value is -2.11. The van der Waals surface area contributed by atoms with Crippen molar-refractivity contribution in [1.82, 2.24) is 10.2 Å². The Morgan fingerprint density at radius 2 is 2.10 bits per heavy atom. The van der Waals surface area contributed by atoms with Crippen LogP contribution in [0.4, 0.5) is 9.18 Å². The van der Waals surface area contributed by atoms with Gasteiger partial charge in [-0.1, -0.05) is 12.1 Å². The highest BCUT2D eigenvalue weighted by molar-refractivity contribution is 5.79. The number of methoxy groups -OCH3 is 1. The largest absolute Gasteiger partial charge is 0.453 e. The van der Waals surface area contributed by atoms with E-state index in [1.54, 1.807) is 17.0 Å². The number of ether oxygens (including phenoxy) is 1. The molecule has 0 spiro atoms. The average molecular weight is 294 g/mol. The third-order valence-corrected chi connectivity index (χ3v) is 3.60. The van der Waals surface area contributed by atoms with Gasteiger partial charge in [-0.25, -0.2) is 9.18 Å². The van der Waals surface area contributed by atoms with Gasteiger partial charge in [-0.2, -0.15) is 0 Å². The van der Waals surface area contributed by atoms with Crippen molar-refractivity contribution in [2.75, 3.05) is 20.2 Å². The lowest BCUT2D eigenvalue weighted by Crippen LogP contribution is -2.46. The van der Waals surface area contributed by atoms with Crippen LogP contribution in [0.3, 0.4) is 0 Å². The smallest absolute Gasteiger partial charge is 0.407 e. The molecule has 2 rings (SSSR count). The lowest BCUT2D eigenvalue weighted by molar-refractivity contribution is -0.131. The van der Waals surface area contributed by atoms with Gasteiger partial charge in [0.1, 0.15) is 5.82 Å². The Balaban J connectivity index is 1.82. The summed E-state index contributed by atoms with van der Waals surface area (Å²) in [5.74, 6) is -0.349. The molecule has 1 aromatic carbocycles. The van der Waals surface area contributed by atoms with E-state index < -0.39 is 6.09 Å². The molecule has 0 unspecified atom stereocenters. The second-order valence-corrected chi connectivity index (χ2v) is 5.10.